The topological polar surface area (TPSA) is 132 Å². The van der Waals surface area contributed by atoms with E-state index in [1.54, 1.807) is 6.33 Å². The number of aromatic nitrogens is 5. The van der Waals surface area contributed by atoms with Crippen LogP contribution in [0.1, 0.15) is 49.3 Å². The fraction of sp³-hybridized carbons (Fsp3) is 0.545. The number of hydrogen-bond donors (Lipinski definition) is 3. The van der Waals surface area contributed by atoms with Crippen LogP contribution in [0.15, 0.2) is 24.9 Å². The number of fused-ring (bicyclic) bond motifs is 1. The molecule has 0 amide bonds. The number of pyridine rings is 1. The molecule has 5 N–H and O–H groups in total. The Labute approximate surface area is 189 Å². The van der Waals surface area contributed by atoms with Crippen molar-refractivity contribution in [1.29, 1.82) is 0 Å². The Morgan fingerprint density at radius 2 is 2.00 bits per heavy atom. The van der Waals surface area contributed by atoms with Crippen LogP contribution in [0.5, 0.6) is 0 Å². The van der Waals surface area contributed by atoms with Crippen molar-refractivity contribution in [3.8, 4) is 0 Å². The van der Waals surface area contributed by atoms with Gasteiger partial charge in [0.25, 0.3) is 6.43 Å². The van der Waals surface area contributed by atoms with Crippen LogP contribution in [0.3, 0.4) is 0 Å². The van der Waals surface area contributed by atoms with Crippen molar-refractivity contribution in [1.82, 2.24) is 24.5 Å². The third-order valence-electron chi connectivity index (χ3n) is 6.73. The number of imidazole rings is 1. The third-order valence-corrected chi connectivity index (χ3v) is 6.73. The Bertz CT molecular complexity index is 1150. The van der Waals surface area contributed by atoms with Gasteiger partial charge in [0.2, 0.25) is 0 Å². The normalized spacial score (nSPS) is 22.6. The van der Waals surface area contributed by atoms with Gasteiger partial charge in [0.15, 0.2) is 11.5 Å². The Morgan fingerprint density at radius 1 is 1.18 bits per heavy atom. The SMILES string of the molecule is Nc1ncnc2c1ncn2Cc1cc(C2CC2)ncc1N1CCCC[C@](N)([C@H](O)C(F)F)C1. The Balaban J connectivity index is 1.52. The Hall–Kier alpha value is -2.92. The predicted octanol–water partition coefficient (Wildman–Crippen LogP) is 2.04. The van der Waals surface area contributed by atoms with Crippen LogP contribution in [0.4, 0.5) is 20.3 Å². The second-order valence-corrected chi connectivity index (χ2v) is 9.21. The molecule has 4 heterocycles. The zero-order valence-electron chi connectivity index (χ0n) is 18.2. The number of halogens is 2. The summed E-state index contributed by atoms with van der Waals surface area (Å²) in [6, 6.07) is 2.08. The fourth-order valence-corrected chi connectivity index (χ4v) is 4.69. The minimum atomic E-state index is -2.90. The second kappa shape index (κ2) is 8.45. The smallest absolute Gasteiger partial charge is 0.265 e. The molecule has 5 rings (SSSR count). The molecule has 2 atom stereocenters. The van der Waals surface area contributed by atoms with E-state index in [9.17, 15) is 13.9 Å². The number of anilines is 2. The van der Waals surface area contributed by atoms with E-state index in [0.717, 1.165) is 36.2 Å². The summed E-state index contributed by atoms with van der Waals surface area (Å²) in [7, 11) is 0. The van der Waals surface area contributed by atoms with Crippen molar-refractivity contribution in [3.63, 3.8) is 0 Å². The second-order valence-electron chi connectivity index (χ2n) is 9.21. The third kappa shape index (κ3) is 4.22. The molecule has 11 heteroatoms. The molecular weight excluding hydrogens is 430 g/mol. The van der Waals surface area contributed by atoms with E-state index in [2.05, 4.69) is 26.0 Å². The standard InChI is InChI=1S/C22H28F2N8O/c23-19(24)18(33)22(26)5-1-2-6-31(10-22)16-8-27-15(13-3-4-13)7-14(16)9-32-12-30-17-20(25)28-11-29-21(17)32/h7-8,11-13,18-19,33H,1-6,9-10,26H2,(H2,25,28,29)/t18-,22-/m1/s1. The van der Waals surface area contributed by atoms with Crippen LogP contribution >= 0.6 is 0 Å². The van der Waals surface area contributed by atoms with Crippen molar-refractivity contribution in [2.45, 2.75) is 62.6 Å². The van der Waals surface area contributed by atoms with Gasteiger partial charge in [0, 0.05) is 24.7 Å². The van der Waals surface area contributed by atoms with Crippen LogP contribution in [-0.2, 0) is 6.54 Å². The van der Waals surface area contributed by atoms with E-state index in [0.29, 0.717) is 48.8 Å². The van der Waals surface area contributed by atoms with Gasteiger partial charge in [-0.15, -0.1) is 0 Å². The van der Waals surface area contributed by atoms with Gasteiger partial charge < -0.3 is 26.0 Å². The average molecular weight is 459 g/mol. The van der Waals surface area contributed by atoms with Crippen LogP contribution in [0.25, 0.3) is 11.2 Å². The van der Waals surface area contributed by atoms with Gasteiger partial charge in [-0.1, -0.05) is 0 Å². The molecule has 1 aliphatic heterocycles. The molecule has 2 fully saturated rings. The number of nitrogens with zero attached hydrogens (tertiary/aromatic N) is 6. The monoisotopic (exact) mass is 458 g/mol. The van der Waals surface area contributed by atoms with Gasteiger partial charge in [-0.05, 0) is 43.7 Å². The van der Waals surface area contributed by atoms with Crippen molar-refractivity contribution in [3.05, 3.63) is 36.2 Å². The molecule has 1 saturated heterocycles. The minimum absolute atomic E-state index is 0.121. The molecule has 1 aliphatic carbocycles. The van der Waals surface area contributed by atoms with Gasteiger partial charge in [-0.3, -0.25) is 4.98 Å². The molecule has 176 valence electrons. The number of nitrogen functional groups attached to an aromatic ring is 1. The average Bonchev–Trinajstić information content (AvgIpc) is 3.59. The Kier molecular flexibility index (Phi) is 5.61. The van der Waals surface area contributed by atoms with Crippen molar-refractivity contribution in [2.75, 3.05) is 23.7 Å². The molecule has 3 aromatic heterocycles. The summed E-state index contributed by atoms with van der Waals surface area (Å²) in [6.07, 6.45) is 4.11. The number of hydrogen-bond acceptors (Lipinski definition) is 8. The quantitative estimate of drug-likeness (QED) is 0.511. The lowest BCUT2D eigenvalue weighted by atomic mass is 9.88. The largest absolute Gasteiger partial charge is 0.385 e. The lowest BCUT2D eigenvalue weighted by Gasteiger charge is -2.37. The van der Waals surface area contributed by atoms with E-state index in [1.165, 1.54) is 6.33 Å². The molecule has 33 heavy (non-hydrogen) atoms. The summed E-state index contributed by atoms with van der Waals surface area (Å²) in [4.78, 5) is 19.3. The summed E-state index contributed by atoms with van der Waals surface area (Å²) in [6.45, 7) is 1.22. The first-order chi connectivity index (χ1) is 15.9. The highest BCUT2D eigenvalue weighted by atomic mass is 19.3. The molecule has 0 spiro atoms. The van der Waals surface area contributed by atoms with Crippen LogP contribution in [-0.4, -0.2) is 60.8 Å². The van der Waals surface area contributed by atoms with E-state index in [-0.39, 0.29) is 6.54 Å². The maximum Gasteiger partial charge on any atom is 0.265 e. The zero-order chi connectivity index (χ0) is 23.2. The highest BCUT2D eigenvalue weighted by molar-refractivity contribution is 5.81. The highest BCUT2D eigenvalue weighted by Crippen LogP contribution is 2.40. The first kappa shape index (κ1) is 21.9. The van der Waals surface area contributed by atoms with Gasteiger partial charge in [-0.2, -0.15) is 0 Å². The number of aliphatic hydroxyl groups is 1. The molecule has 1 saturated carbocycles. The minimum Gasteiger partial charge on any atom is -0.385 e. The Morgan fingerprint density at radius 3 is 2.76 bits per heavy atom. The maximum atomic E-state index is 13.4. The van der Waals surface area contributed by atoms with Gasteiger partial charge in [-0.25, -0.2) is 23.7 Å². The number of aliphatic hydroxyl groups excluding tert-OH is 1. The molecule has 9 nitrogen and oxygen atoms in total. The molecular formula is C22H28F2N8O. The summed E-state index contributed by atoms with van der Waals surface area (Å²) in [5, 5.41) is 10.2. The number of alkyl halides is 2. The van der Waals surface area contributed by atoms with Crippen LogP contribution < -0.4 is 16.4 Å². The summed E-state index contributed by atoms with van der Waals surface area (Å²) in [5.74, 6) is 0.766. The molecule has 2 aliphatic rings. The van der Waals surface area contributed by atoms with Crippen molar-refractivity contribution in [2.24, 2.45) is 5.73 Å². The molecule has 0 aromatic carbocycles. The first-order valence-corrected chi connectivity index (χ1v) is 11.3. The lowest BCUT2D eigenvalue weighted by molar-refractivity contribution is -0.0491. The highest BCUT2D eigenvalue weighted by Gasteiger charge is 2.42. The number of rotatable bonds is 6. The first-order valence-electron chi connectivity index (χ1n) is 11.3. The molecule has 3 aromatic rings. The summed E-state index contributed by atoms with van der Waals surface area (Å²) in [5.41, 5.74) is 14.9. The summed E-state index contributed by atoms with van der Waals surface area (Å²) < 4.78 is 28.7. The van der Waals surface area contributed by atoms with Crippen LogP contribution in [0, 0.1) is 0 Å². The van der Waals surface area contributed by atoms with E-state index in [4.69, 9.17) is 11.5 Å². The lowest BCUT2D eigenvalue weighted by Crippen LogP contribution is -2.60. The van der Waals surface area contributed by atoms with Gasteiger partial charge in [0.05, 0.1) is 30.3 Å². The molecule has 0 unspecified atom stereocenters. The number of nitrogens with two attached hydrogens (primary N) is 2. The fourth-order valence-electron chi connectivity index (χ4n) is 4.69. The van der Waals surface area contributed by atoms with Crippen molar-refractivity contribution < 1.29 is 13.9 Å². The van der Waals surface area contributed by atoms with Gasteiger partial charge in [0.1, 0.15) is 17.9 Å². The summed E-state index contributed by atoms with van der Waals surface area (Å²) >= 11 is 0. The molecule has 0 radical (unpaired) electrons. The van der Waals surface area contributed by atoms with E-state index >= 15 is 0 Å². The van der Waals surface area contributed by atoms with E-state index in [1.807, 2.05) is 15.7 Å². The van der Waals surface area contributed by atoms with Gasteiger partial charge >= 0.3 is 0 Å². The maximum absolute atomic E-state index is 13.4. The van der Waals surface area contributed by atoms with Crippen LogP contribution in [0.2, 0.25) is 0 Å². The van der Waals surface area contributed by atoms with Crippen molar-refractivity contribution >= 4 is 22.7 Å². The zero-order valence-corrected chi connectivity index (χ0v) is 18.2. The predicted molar refractivity (Wildman–Crippen MR) is 120 cm³/mol. The van der Waals surface area contributed by atoms with E-state index < -0.39 is 18.1 Å². The molecule has 0 bridgehead atoms.